The lowest BCUT2D eigenvalue weighted by Crippen LogP contribution is -2.16. The molecule has 0 unspecified atom stereocenters. The van der Waals surface area contributed by atoms with E-state index in [0.29, 0.717) is 6.07 Å². The Morgan fingerprint density at radius 3 is 2.09 bits per heavy atom. The number of esters is 1. The summed E-state index contributed by atoms with van der Waals surface area (Å²) in [6.45, 7) is 10.3. The number of benzene rings is 1. The van der Waals surface area contributed by atoms with E-state index < -0.39 is 34.5 Å². The van der Waals surface area contributed by atoms with Crippen LogP contribution in [-0.4, -0.2) is 32.5 Å². The van der Waals surface area contributed by atoms with Crippen molar-refractivity contribution in [1.29, 1.82) is 0 Å². The third-order valence-electron chi connectivity index (χ3n) is 2.29. The zero-order valence-corrected chi connectivity index (χ0v) is 14.5. The molecule has 0 aliphatic heterocycles. The smallest absolute Gasteiger partial charge is 0.341 e. The van der Waals surface area contributed by atoms with Gasteiger partial charge in [0.2, 0.25) is 5.78 Å². The molecule has 0 aliphatic rings. The van der Waals surface area contributed by atoms with Crippen molar-refractivity contribution in [3.05, 3.63) is 47.0 Å². The molecule has 4 nitrogen and oxygen atoms in total. The first-order valence-corrected chi connectivity index (χ1v) is 7.24. The summed E-state index contributed by atoms with van der Waals surface area (Å²) in [5, 5.41) is 2.75. The summed E-state index contributed by atoms with van der Waals surface area (Å²) in [6.07, 6.45) is 0. The highest BCUT2D eigenvalue weighted by Gasteiger charge is 2.22. The number of halogens is 2. The SMILES string of the molecule is C=C(C(=O)OCC)C(=O)c1cc(C)c(F)cc1F.CC.CNC. The van der Waals surface area contributed by atoms with Gasteiger partial charge in [0.1, 0.15) is 17.2 Å². The fourth-order valence-electron chi connectivity index (χ4n) is 1.30. The molecule has 1 N–H and O–H groups in total. The number of ether oxygens (including phenoxy) is 1. The second kappa shape index (κ2) is 12.5. The fraction of sp³-hybridized carbons (Fsp3) is 0.412. The Labute approximate surface area is 136 Å². The maximum Gasteiger partial charge on any atom is 0.341 e. The molecular formula is C17H25F2NO3. The van der Waals surface area contributed by atoms with Crippen molar-refractivity contribution in [2.75, 3.05) is 20.7 Å². The van der Waals surface area contributed by atoms with E-state index in [2.05, 4.69) is 16.6 Å². The number of nitrogens with one attached hydrogen (secondary N) is 1. The minimum atomic E-state index is -1.03. The summed E-state index contributed by atoms with van der Waals surface area (Å²) in [5.74, 6) is -3.61. The Balaban J connectivity index is 0. The van der Waals surface area contributed by atoms with Crippen LogP contribution in [-0.2, 0) is 9.53 Å². The third-order valence-corrected chi connectivity index (χ3v) is 2.29. The predicted octanol–water partition coefficient (Wildman–Crippen LogP) is 3.44. The number of ketones is 1. The topological polar surface area (TPSA) is 55.4 Å². The van der Waals surface area contributed by atoms with Crippen LogP contribution in [0.3, 0.4) is 0 Å². The zero-order valence-electron chi connectivity index (χ0n) is 14.5. The van der Waals surface area contributed by atoms with Crippen molar-refractivity contribution in [2.45, 2.75) is 27.7 Å². The first kappa shape index (κ1) is 23.2. The standard InChI is InChI=1S/C13H12F2O3.C2H7N.C2H6/c1-4-18-13(17)8(3)12(16)9-5-7(2)10(14)6-11(9)15;1-3-2;1-2/h5-6H,3-4H2,1-2H3;3H,1-2H3;1-2H3. The largest absolute Gasteiger partial charge is 0.462 e. The molecule has 0 heterocycles. The van der Waals surface area contributed by atoms with Gasteiger partial charge in [-0.1, -0.05) is 20.4 Å². The molecule has 0 fully saturated rings. The second-order valence-electron chi connectivity index (χ2n) is 4.11. The molecule has 0 amide bonds. The molecule has 23 heavy (non-hydrogen) atoms. The Hall–Kier alpha value is -2.08. The number of rotatable bonds is 4. The highest BCUT2D eigenvalue weighted by atomic mass is 19.1. The highest BCUT2D eigenvalue weighted by Crippen LogP contribution is 2.17. The summed E-state index contributed by atoms with van der Waals surface area (Å²) in [6, 6.07) is 1.64. The first-order chi connectivity index (χ1) is 10.8. The molecule has 0 bridgehead atoms. The number of carbonyl (C=O) groups excluding carboxylic acids is 2. The van der Waals surface area contributed by atoms with Gasteiger partial charge in [0, 0.05) is 6.07 Å². The van der Waals surface area contributed by atoms with Gasteiger partial charge in [-0.05, 0) is 39.6 Å². The van der Waals surface area contributed by atoms with Gasteiger partial charge in [-0.3, -0.25) is 4.79 Å². The average molecular weight is 329 g/mol. The minimum Gasteiger partial charge on any atom is -0.462 e. The molecular weight excluding hydrogens is 304 g/mol. The average Bonchev–Trinajstić information content (AvgIpc) is 2.52. The van der Waals surface area contributed by atoms with Gasteiger partial charge in [0.15, 0.2) is 0 Å². The molecule has 0 aromatic heterocycles. The lowest BCUT2D eigenvalue weighted by Gasteiger charge is -2.07. The quantitative estimate of drug-likeness (QED) is 0.302. The number of hydrogen-bond acceptors (Lipinski definition) is 4. The lowest BCUT2D eigenvalue weighted by molar-refractivity contribution is -0.138. The van der Waals surface area contributed by atoms with E-state index in [9.17, 15) is 18.4 Å². The van der Waals surface area contributed by atoms with Crippen LogP contribution in [0.15, 0.2) is 24.3 Å². The molecule has 130 valence electrons. The summed E-state index contributed by atoms with van der Waals surface area (Å²) in [5.41, 5.74) is -0.773. The normalized spacial score (nSPS) is 8.87. The van der Waals surface area contributed by atoms with Gasteiger partial charge in [-0.15, -0.1) is 0 Å². The molecule has 0 saturated heterocycles. The van der Waals surface area contributed by atoms with E-state index in [1.54, 1.807) is 6.92 Å². The Morgan fingerprint density at radius 2 is 1.65 bits per heavy atom. The highest BCUT2D eigenvalue weighted by molar-refractivity contribution is 6.23. The van der Waals surface area contributed by atoms with E-state index in [0.717, 1.165) is 6.07 Å². The predicted molar refractivity (Wildman–Crippen MR) is 87.5 cm³/mol. The van der Waals surface area contributed by atoms with Crippen molar-refractivity contribution < 1.29 is 23.1 Å². The first-order valence-electron chi connectivity index (χ1n) is 7.24. The molecule has 0 aliphatic carbocycles. The van der Waals surface area contributed by atoms with E-state index in [1.165, 1.54) is 6.92 Å². The van der Waals surface area contributed by atoms with Gasteiger partial charge in [0.25, 0.3) is 0 Å². The van der Waals surface area contributed by atoms with Gasteiger partial charge in [-0.2, -0.15) is 0 Å². The fourth-order valence-corrected chi connectivity index (χ4v) is 1.30. The van der Waals surface area contributed by atoms with Gasteiger partial charge < -0.3 is 10.1 Å². The van der Waals surface area contributed by atoms with Crippen molar-refractivity contribution in [3.63, 3.8) is 0 Å². The zero-order chi connectivity index (χ0) is 18.6. The maximum atomic E-state index is 13.4. The third kappa shape index (κ3) is 7.65. The number of carbonyl (C=O) groups is 2. The molecule has 0 saturated carbocycles. The van der Waals surface area contributed by atoms with Crippen LogP contribution in [0.5, 0.6) is 0 Å². The van der Waals surface area contributed by atoms with Crippen LogP contribution in [0.4, 0.5) is 8.78 Å². The molecule has 0 spiro atoms. The second-order valence-corrected chi connectivity index (χ2v) is 4.11. The van der Waals surface area contributed by atoms with Crippen LogP contribution in [0.2, 0.25) is 0 Å². The molecule has 1 aromatic carbocycles. The summed E-state index contributed by atoms with van der Waals surface area (Å²) < 4.78 is 31.1. The van der Waals surface area contributed by atoms with Crippen molar-refractivity contribution in [2.24, 2.45) is 0 Å². The number of aryl methyl sites for hydroxylation is 1. The van der Waals surface area contributed by atoms with Crippen LogP contribution in [0.25, 0.3) is 0 Å². The summed E-state index contributed by atoms with van der Waals surface area (Å²) >= 11 is 0. The summed E-state index contributed by atoms with van der Waals surface area (Å²) in [7, 11) is 3.75. The number of Topliss-reactive ketones (excluding diaryl/α,β-unsaturated/α-hetero) is 1. The van der Waals surface area contributed by atoms with Gasteiger partial charge in [0.05, 0.1) is 12.2 Å². The minimum absolute atomic E-state index is 0.0794. The van der Waals surface area contributed by atoms with Crippen molar-refractivity contribution >= 4 is 11.8 Å². The molecule has 6 heteroatoms. The van der Waals surface area contributed by atoms with Crippen LogP contribution < -0.4 is 5.32 Å². The van der Waals surface area contributed by atoms with Gasteiger partial charge >= 0.3 is 5.97 Å². The van der Waals surface area contributed by atoms with Crippen molar-refractivity contribution in [1.82, 2.24) is 5.32 Å². The monoisotopic (exact) mass is 329 g/mol. The Morgan fingerprint density at radius 1 is 1.17 bits per heavy atom. The Kier molecular flexibility index (Phi) is 12.6. The van der Waals surface area contributed by atoms with E-state index >= 15 is 0 Å². The van der Waals surface area contributed by atoms with E-state index in [1.807, 2.05) is 27.9 Å². The van der Waals surface area contributed by atoms with Crippen LogP contribution in [0.1, 0.15) is 36.7 Å². The van der Waals surface area contributed by atoms with E-state index in [4.69, 9.17) is 0 Å². The summed E-state index contributed by atoms with van der Waals surface area (Å²) in [4.78, 5) is 23.1. The van der Waals surface area contributed by atoms with Crippen LogP contribution in [0, 0.1) is 18.6 Å². The van der Waals surface area contributed by atoms with Gasteiger partial charge in [-0.25, -0.2) is 13.6 Å². The van der Waals surface area contributed by atoms with Crippen LogP contribution >= 0.6 is 0 Å². The molecule has 1 aromatic rings. The van der Waals surface area contributed by atoms with E-state index in [-0.39, 0.29) is 12.2 Å². The maximum absolute atomic E-state index is 13.4. The lowest BCUT2D eigenvalue weighted by atomic mass is 10.0. The molecule has 1 rings (SSSR count). The van der Waals surface area contributed by atoms with Crippen molar-refractivity contribution in [3.8, 4) is 0 Å². The Bertz CT molecular complexity index is 543. The molecule has 0 radical (unpaired) electrons. The number of hydrogen-bond donors (Lipinski definition) is 1. The molecule has 0 atom stereocenters.